The van der Waals surface area contributed by atoms with Crippen LogP contribution >= 0.6 is 0 Å². The molecule has 1 atom stereocenters. The van der Waals surface area contributed by atoms with Crippen LogP contribution in [0.5, 0.6) is 0 Å². The molecule has 3 heterocycles. The number of nitrogens with two attached hydrogens (primary N) is 1. The molecular formula is C15H24N4O2. The van der Waals surface area contributed by atoms with Crippen LogP contribution < -0.4 is 5.73 Å². The first-order valence-corrected chi connectivity index (χ1v) is 7.90. The summed E-state index contributed by atoms with van der Waals surface area (Å²) < 4.78 is 2.14. The number of likely N-dealkylation sites (tertiary alicyclic amines) is 1. The number of aromatic nitrogens is 2. The zero-order chi connectivity index (χ0) is 15.0. The molecule has 0 amide bonds. The number of hydrogen-bond donors (Lipinski definition) is 2. The molecule has 0 saturated carbocycles. The Bertz CT molecular complexity index is 532. The van der Waals surface area contributed by atoms with Gasteiger partial charge in [0.25, 0.3) is 0 Å². The van der Waals surface area contributed by atoms with Gasteiger partial charge >= 0.3 is 5.97 Å². The second-order valence-corrected chi connectivity index (χ2v) is 6.18. The Kier molecular flexibility index (Phi) is 3.99. The van der Waals surface area contributed by atoms with Gasteiger partial charge in [-0.15, -0.1) is 0 Å². The average Bonchev–Trinajstić information content (AvgIpc) is 2.86. The van der Waals surface area contributed by atoms with Crippen LogP contribution in [0.1, 0.15) is 54.1 Å². The van der Waals surface area contributed by atoms with Crippen LogP contribution in [-0.2, 0) is 13.0 Å². The molecule has 1 aromatic heterocycles. The molecule has 6 heteroatoms. The summed E-state index contributed by atoms with van der Waals surface area (Å²) in [6.07, 6.45) is 3.66. The van der Waals surface area contributed by atoms with Crippen LogP contribution in [-0.4, -0.2) is 51.2 Å². The summed E-state index contributed by atoms with van der Waals surface area (Å²) in [5.41, 5.74) is 7.05. The van der Waals surface area contributed by atoms with E-state index in [2.05, 4.69) is 21.4 Å². The highest BCUT2D eigenvalue weighted by Crippen LogP contribution is 2.31. The minimum absolute atomic E-state index is 0.0575. The Morgan fingerprint density at radius 1 is 1.33 bits per heavy atom. The molecule has 0 radical (unpaired) electrons. The molecule has 6 nitrogen and oxygen atoms in total. The van der Waals surface area contributed by atoms with Crippen molar-refractivity contribution >= 4 is 5.97 Å². The maximum Gasteiger partial charge on any atom is 0.356 e. The molecule has 1 saturated heterocycles. The first kappa shape index (κ1) is 14.5. The summed E-state index contributed by atoms with van der Waals surface area (Å²) in [7, 11) is 0. The van der Waals surface area contributed by atoms with Gasteiger partial charge in [-0.05, 0) is 38.9 Å². The normalized spacial score (nSPS) is 24.0. The van der Waals surface area contributed by atoms with Crippen molar-refractivity contribution in [2.75, 3.05) is 19.6 Å². The minimum Gasteiger partial charge on any atom is -0.476 e. The molecule has 1 unspecified atom stereocenters. The van der Waals surface area contributed by atoms with E-state index in [4.69, 9.17) is 5.73 Å². The molecule has 21 heavy (non-hydrogen) atoms. The number of aromatic carboxylic acids is 1. The van der Waals surface area contributed by atoms with Crippen LogP contribution in [0.3, 0.4) is 0 Å². The number of rotatable bonds is 3. The van der Waals surface area contributed by atoms with Crippen LogP contribution in [0.15, 0.2) is 0 Å². The molecule has 3 N–H and O–H groups in total. The molecule has 0 aliphatic carbocycles. The van der Waals surface area contributed by atoms with Gasteiger partial charge in [0.1, 0.15) is 5.82 Å². The Morgan fingerprint density at radius 2 is 2.05 bits per heavy atom. The van der Waals surface area contributed by atoms with Crippen molar-refractivity contribution in [3.63, 3.8) is 0 Å². The highest BCUT2D eigenvalue weighted by atomic mass is 16.4. The molecule has 0 spiro atoms. The van der Waals surface area contributed by atoms with Crippen LogP contribution in [0.2, 0.25) is 0 Å². The average molecular weight is 292 g/mol. The predicted molar refractivity (Wildman–Crippen MR) is 79.6 cm³/mol. The lowest BCUT2D eigenvalue weighted by Crippen LogP contribution is -2.35. The lowest BCUT2D eigenvalue weighted by atomic mass is 9.95. The fourth-order valence-electron chi connectivity index (χ4n) is 3.60. The summed E-state index contributed by atoms with van der Waals surface area (Å²) in [5, 5.41) is 9.39. The van der Waals surface area contributed by atoms with Crippen molar-refractivity contribution in [3.8, 4) is 0 Å². The number of carboxylic acids is 1. The van der Waals surface area contributed by atoms with Crippen molar-refractivity contribution < 1.29 is 9.90 Å². The monoisotopic (exact) mass is 292 g/mol. The van der Waals surface area contributed by atoms with Gasteiger partial charge in [0.15, 0.2) is 5.69 Å². The smallest absolute Gasteiger partial charge is 0.356 e. The number of piperidine rings is 1. The number of hydrogen-bond acceptors (Lipinski definition) is 4. The zero-order valence-corrected chi connectivity index (χ0v) is 12.6. The largest absolute Gasteiger partial charge is 0.476 e. The molecule has 2 aliphatic rings. The van der Waals surface area contributed by atoms with E-state index in [1.807, 2.05) is 0 Å². The van der Waals surface area contributed by atoms with E-state index in [1.54, 1.807) is 0 Å². The first-order valence-electron chi connectivity index (χ1n) is 7.90. The van der Waals surface area contributed by atoms with Gasteiger partial charge in [-0.1, -0.05) is 6.92 Å². The van der Waals surface area contributed by atoms with E-state index in [0.29, 0.717) is 12.3 Å². The summed E-state index contributed by atoms with van der Waals surface area (Å²) in [6.45, 7) is 6.22. The molecule has 0 aromatic carbocycles. The van der Waals surface area contributed by atoms with Crippen molar-refractivity contribution in [3.05, 3.63) is 17.2 Å². The van der Waals surface area contributed by atoms with E-state index in [0.717, 1.165) is 57.0 Å². The van der Waals surface area contributed by atoms with Gasteiger partial charge in [-0.2, -0.15) is 0 Å². The molecule has 1 fully saturated rings. The Balaban J connectivity index is 1.89. The van der Waals surface area contributed by atoms with Crippen LogP contribution in [0.25, 0.3) is 0 Å². The van der Waals surface area contributed by atoms with Gasteiger partial charge in [0, 0.05) is 24.9 Å². The van der Waals surface area contributed by atoms with Crippen LogP contribution in [0, 0.1) is 0 Å². The lowest BCUT2D eigenvalue weighted by molar-refractivity contribution is 0.0689. The predicted octanol–water partition coefficient (Wildman–Crippen LogP) is 1.05. The highest BCUT2D eigenvalue weighted by molar-refractivity contribution is 5.87. The Morgan fingerprint density at radius 3 is 2.67 bits per heavy atom. The van der Waals surface area contributed by atoms with Crippen molar-refractivity contribution in [1.82, 2.24) is 14.5 Å². The van der Waals surface area contributed by atoms with Gasteiger partial charge in [0.05, 0.1) is 5.69 Å². The number of imidazole rings is 1. The number of fused-ring (bicyclic) bond motifs is 1. The first-order chi connectivity index (χ1) is 10.1. The molecule has 3 rings (SSSR count). The van der Waals surface area contributed by atoms with E-state index in [-0.39, 0.29) is 11.7 Å². The Hall–Kier alpha value is -1.40. The quantitative estimate of drug-likeness (QED) is 0.870. The topological polar surface area (TPSA) is 84.4 Å². The second-order valence-electron chi connectivity index (χ2n) is 6.18. The molecular weight excluding hydrogens is 268 g/mol. The third kappa shape index (κ3) is 2.70. The zero-order valence-electron chi connectivity index (χ0n) is 12.6. The van der Waals surface area contributed by atoms with E-state index in [9.17, 15) is 9.90 Å². The molecule has 2 aliphatic heterocycles. The van der Waals surface area contributed by atoms with Gasteiger partial charge in [-0.25, -0.2) is 9.78 Å². The number of carbonyl (C=O) groups is 1. The van der Waals surface area contributed by atoms with Gasteiger partial charge < -0.3 is 20.3 Å². The minimum atomic E-state index is -0.926. The molecule has 0 bridgehead atoms. The maximum absolute atomic E-state index is 11.4. The SMILES string of the molecule is CCN1CCC(c2nc(C(=O)O)c3n2CCC(N)C3)CC1. The van der Waals surface area contributed by atoms with E-state index >= 15 is 0 Å². The highest BCUT2D eigenvalue weighted by Gasteiger charge is 2.31. The summed E-state index contributed by atoms with van der Waals surface area (Å²) in [6, 6.07) is 0.0575. The fraction of sp³-hybridized carbons (Fsp3) is 0.733. The Labute approximate surface area is 124 Å². The lowest BCUT2D eigenvalue weighted by Gasteiger charge is -2.32. The third-order valence-electron chi connectivity index (χ3n) is 4.88. The van der Waals surface area contributed by atoms with Crippen molar-refractivity contribution in [2.24, 2.45) is 5.73 Å². The van der Waals surface area contributed by atoms with Gasteiger partial charge in [0.2, 0.25) is 0 Å². The maximum atomic E-state index is 11.4. The fourth-order valence-corrected chi connectivity index (χ4v) is 3.60. The van der Waals surface area contributed by atoms with E-state index in [1.165, 1.54) is 0 Å². The second kappa shape index (κ2) is 5.77. The van der Waals surface area contributed by atoms with E-state index < -0.39 is 5.97 Å². The number of nitrogens with zero attached hydrogens (tertiary/aromatic N) is 3. The standard InChI is InChI=1S/C15H24N4O2/c1-2-18-6-3-10(4-7-18)14-17-13(15(20)21)12-9-11(16)5-8-19(12)14/h10-11H,2-9,16H2,1H3,(H,20,21). The summed E-state index contributed by atoms with van der Waals surface area (Å²) >= 11 is 0. The van der Waals surface area contributed by atoms with Crippen molar-refractivity contribution in [1.29, 1.82) is 0 Å². The summed E-state index contributed by atoms with van der Waals surface area (Å²) in [4.78, 5) is 18.4. The number of carboxylic acid groups (broad SMARTS) is 1. The van der Waals surface area contributed by atoms with Gasteiger partial charge in [-0.3, -0.25) is 0 Å². The van der Waals surface area contributed by atoms with Crippen molar-refractivity contribution in [2.45, 2.75) is 51.1 Å². The third-order valence-corrected chi connectivity index (χ3v) is 4.88. The molecule has 1 aromatic rings. The summed E-state index contributed by atoms with van der Waals surface area (Å²) in [5.74, 6) is 0.434. The van der Waals surface area contributed by atoms with Crippen LogP contribution in [0.4, 0.5) is 0 Å². The molecule has 116 valence electrons.